The number of benzene rings is 2. The number of aliphatic hydroxyl groups is 1. The van der Waals surface area contributed by atoms with Crippen LogP contribution >= 0.6 is 0 Å². The minimum atomic E-state index is -5.08. The zero-order chi connectivity index (χ0) is 34.9. The molecule has 2 aromatic carbocycles. The summed E-state index contributed by atoms with van der Waals surface area (Å²) in [5.74, 6) is -0.976. The molecule has 0 spiro atoms. The molecular formula is C32H23F6N3O6S. The number of carbonyl (C=O) groups excluding carboxylic acids is 1. The van der Waals surface area contributed by atoms with Crippen LogP contribution in [0.3, 0.4) is 0 Å². The second kappa shape index (κ2) is 13.1. The fraction of sp³-hybridized carbons (Fsp3) is 0.156. The molecule has 0 radical (unpaired) electrons. The maximum atomic E-state index is 13.2. The highest BCUT2D eigenvalue weighted by atomic mass is 32.2. The van der Waals surface area contributed by atoms with Crippen LogP contribution in [0.4, 0.5) is 26.3 Å². The number of halogens is 6. The molecular weight excluding hydrogens is 668 g/mol. The number of aromatic nitrogens is 2. The van der Waals surface area contributed by atoms with E-state index in [4.69, 9.17) is 9.15 Å². The number of pyridine rings is 2. The van der Waals surface area contributed by atoms with E-state index < -0.39 is 51.1 Å². The summed E-state index contributed by atoms with van der Waals surface area (Å²) >= 11 is 0. The van der Waals surface area contributed by atoms with Crippen LogP contribution < -0.4 is 9.46 Å². The van der Waals surface area contributed by atoms with Crippen molar-refractivity contribution < 1.29 is 53.8 Å². The minimum absolute atomic E-state index is 0.0346. The quantitative estimate of drug-likeness (QED) is 0.160. The summed E-state index contributed by atoms with van der Waals surface area (Å²) in [6, 6.07) is 13.7. The van der Waals surface area contributed by atoms with Crippen LogP contribution in [-0.2, 0) is 29.0 Å². The zero-order valence-corrected chi connectivity index (χ0v) is 25.3. The Hall–Kier alpha value is -5.22. The van der Waals surface area contributed by atoms with Gasteiger partial charge in [0.2, 0.25) is 0 Å². The Morgan fingerprint density at radius 3 is 2.19 bits per heavy atom. The van der Waals surface area contributed by atoms with Crippen LogP contribution in [0.25, 0.3) is 11.3 Å². The number of hydrogen-bond acceptors (Lipinski definition) is 8. The van der Waals surface area contributed by atoms with E-state index in [9.17, 15) is 44.7 Å². The largest absolute Gasteiger partial charge is 0.487 e. The minimum Gasteiger partial charge on any atom is -0.487 e. The van der Waals surface area contributed by atoms with Crippen LogP contribution in [0.15, 0.2) is 101 Å². The van der Waals surface area contributed by atoms with E-state index in [-0.39, 0.29) is 46.0 Å². The summed E-state index contributed by atoms with van der Waals surface area (Å²) in [4.78, 5) is 20.4. The lowest BCUT2D eigenvalue weighted by molar-refractivity contribution is -0.143. The van der Waals surface area contributed by atoms with E-state index in [1.807, 2.05) is 4.72 Å². The molecule has 1 amide bonds. The highest BCUT2D eigenvalue weighted by Gasteiger charge is 2.37. The number of ether oxygens (including phenoxy) is 1. The fourth-order valence-corrected chi connectivity index (χ4v) is 5.65. The number of aryl methyl sites for hydroxylation is 1. The lowest BCUT2D eigenvalue weighted by Crippen LogP contribution is -2.30. The van der Waals surface area contributed by atoms with Crippen molar-refractivity contribution in [3.8, 4) is 17.0 Å². The van der Waals surface area contributed by atoms with Gasteiger partial charge in [-0.2, -0.15) is 26.3 Å². The first-order valence-corrected chi connectivity index (χ1v) is 15.2. The molecule has 1 unspecified atom stereocenters. The van der Waals surface area contributed by atoms with Gasteiger partial charge in [0.25, 0.3) is 10.0 Å². The van der Waals surface area contributed by atoms with Gasteiger partial charge in [-0.1, -0.05) is 17.7 Å². The molecule has 48 heavy (non-hydrogen) atoms. The van der Waals surface area contributed by atoms with Crippen LogP contribution in [0.5, 0.6) is 5.75 Å². The average Bonchev–Trinajstić information content (AvgIpc) is 3.58. The first-order chi connectivity index (χ1) is 22.5. The molecule has 9 nitrogen and oxygen atoms in total. The lowest BCUT2D eigenvalue weighted by Gasteiger charge is -2.17. The van der Waals surface area contributed by atoms with E-state index in [0.717, 1.165) is 11.8 Å². The molecule has 3 aromatic heterocycles. The number of hydrogen-bond donors (Lipinski definition) is 2. The van der Waals surface area contributed by atoms with Gasteiger partial charge in [-0.25, -0.2) is 13.1 Å². The van der Waals surface area contributed by atoms with Gasteiger partial charge in [-0.05, 0) is 73.2 Å². The summed E-state index contributed by atoms with van der Waals surface area (Å²) in [6.07, 6.45) is -8.26. The predicted molar refractivity (Wildman–Crippen MR) is 157 cm³/mol. The molecule has 0 aliphatic carbocycles. The van der Waals surface area contributed by atoms with E-state index in [2.05, 4.69) is 9.97 Å². The highest BCUT2D eigenvalue weighted by molar-refractivity contribution is 7.90. The SMILES string of the molecule is Cc1ccc(S(=O)(=O)NC(=O)c2ccco2)c(-c2ccc(COc3ccc(C(O)c4cc(C(F)(F)F)cc(C(F)(F)F)c4)nc3)cn2)c1. The number of rotatable bonds is 9. The first kappa shape index (κ1) is 34.1. The number of nitrogens with one attached hydrogen (secondary N) is 1. The Morgan fingerprint density at radius 1 is 0.917 bits per heavy atom. The van der Waals surface area contributed by atoms with E-state index in [0.29, 0.717) is 17.7 Å². The Kier molecular flexibility index (Phi) is 9.33. The molecule has 16 heteroatoms. The van der Waals surface area contributed by atoms with Crippen molar-refractivity contribution in [2.75, 3.05) is 0 Å². The first-order valence-electron chi connectivity index (χ1n) is 13.7. The third-order valence-electron chi connectivity index (χ3n) is 6.87. The molecule has 0 saturated carbocycles. The van der Waals surface area contributed by atoms with Crippen molar-refractivity contribution in [3.05, 3.63) is 131 Å². The van der Waals surface area contributed by atoms with Crippen molar-refractivity contribution in [1.82, 2.24) is 14.7 Å². The van der Waals surface area contributed by atoms with Gasteiger partial charge in [-0.3, -0.25) is 14.8 Å². The molecule has 0 bridgehead atoms. The number of nitrogens with zero attached hydrogens (tertiary/aromatic N) is 2. The van der Waals surface area contributed by atoms with Gasteiger partial charge in [0.1, 0.15) is 18.5 Å². The number of furan rings is 1. The molecule has 2 N–H and O–H groups in total. The van der Waals surface area contributed by atoms with Crippen molar-refractivity contribution >= 4 is 15.9 Å². The van der Waals surface area contributed by atoms with E-state index in [1.54, 1.807) is 31.2 Å². The number of alkyl halides is 6. The van der Waals surface area contributed by atoms with Gasteiger partial charge in [0.05, 0.1) is 39.9 Å². The lowest BCUT2D eigenvalue weighted by atomic mass is 9.99. The third kappa shape index (κ3) is 7.83. The van der Waals surface area contributed by atoms with Crippen molar-refractivity contribution in [3.63, 3.8) is 0 Å². The summed E-state index contributed by atoms with van der Waals surface area (Å²) < 4.78 is 118. The second-order valence-corrected chi connectivity index (χ2v) is 12.1. The molecule has 5 rings (SSSR count). The van der Waals surface area contributed by atoms with Crippen molar-refractivity contribution in [2.24, 2.45) is 0 Å². The normalized spacial score (nSPS) is 12.8. The van der Waals surface area contributed by atoms with E-state index in [1.165, 1.54) is 42.8 Å². The summed E-state index contributed by atoms with van der Waals surface area (Å²) in [6.45, 7) is 1.69. The number of sulfonamides is 1. The molecule has 3 heterocycles. The fourth-order valence-electron chi connectivity index (χ4n) is 4.50. The monoisotopic (exact) mass is 691 g/mol. The van der Waals surface area contributed by atoms with Gasteiger partial charge < -0.3 is 14.3 Å². The topological polar surface area (TPSA) is 132 Å². The smallest absolute Gasteiger partial charge is 0.416 e. The van der Waals surface area contributed by atoms with Gasteiger partial charge in [-0.15, -0.1) is 0 Å². The molecule has 250 valence electrons. The third-order valence-corrected chi connectivity index (χ3v) is 8.26. The van der Waals surface area contributed by atoms with Crippen LogP contribution in [-0.4, -0.2) is 29.4 Å². The maximum absolute atomic E-state index is 13.2. The molecule has 0 fully saturated rings. The number of carbonyl (C=O) groups is 1. The summed E-state index contributed by atoms with van der Waals surface area (Å²) in [5.41, 5.74) is -2.23. The molecule has 1 atom stereocenters. The maximum Gasteiger partial charge on any atom is 0.416 e. The van der Waals surface area contributed by atoms with Crippen LogP contribution in [0.1, 0.15) is 50.2 Å². The molecule has 0 saturated heterocycles. The van der Waals surface area contributed by atoms with Gasteiger partial charge in [0.15, 0.2) is 5.76 Å². The highest BCUT2D eigenvalue weighted by Crippen LogP contribution is 2.38. The summed E-state index contributed by atoms with van der Waals surface area (Å²) in [5, 5.41) is 10.6. The van der Waals surface area contributed by atoms with E-state index >= 15 is 0 Å². The van der Waals surface area contributed by atoms with Gasteiger partial charge in [0, 0.05) is 17.3 Å². The second-order valence-electron chi connectivity index (χ2n) is 10.4. The zero-order valence-electron chi connectivity index (χ0n) is 24.5. The average molecular weight is 692 g/mol. The van der Waals surface area contributed by atoms with Crippen molar-refractivity contribution in [2.45, 2.75) is 36.9 Å². The molecule has 0 aliphatic rings. The number of amides is 1. The number of aliphatic hydroxyl groups excluding tert-OH is 1. The Balaban J connectivity index is 1.28. The van der Waals surface area contributed by atoms with Crippen LogP contribution in [0, 0.1) is 6.92 Å². The molecule has 0 aliphatic heterocycles. The Labute approximate surface area is 268 Å². The Bertz CT molecular complexity index is 2000. The predicted octanol–water partition coefficient (Wildman–Crippen LogP) is 6.86. The molecule has 5 aromatic rings. The van der Waals surface area contributed by atoms with Crippen LogP contribution in [0.2, 0.25) is 0 Å². The van der Waals surface area contributed by atoms with Gasteiger partial charge >= 0.3 is 18.3 Å². The van der Waals surface area contributed by atoms with Crippen molar-refractivity contribution in [1.29, 1.82) is 0 Å². The Morgan fingerprint density at radius 2 is 1.62 bits per heavy atom. The summed E-state index contributed by atoms with van der Waals surface area (Å²) in [7, 11) is -4.33. The standard InChI is InChI=1S/C32H23F6N3O6S/c1-18-4-9-28(48(44,45)41-30(43)27-3-2-10-46-27)24(11-18)25-7-5-19(15-39-25)17-47-23-6-8-26(40-16-23)29(42)20-12-21(31(33,34)35)14-22(13-20)32(36,37)38/h2-16,29,42H,17H2,1H3,(H,41,43).